The number of ether oxygens (including phenoxy) is 4. The molecule has 4 rings (SSSR count). The first kappa shape index (κ1) is 37.0. The highest BCUT2D eigenvalue weighted by atomic mass is 16.6. The number of carbonyl (C=O) groups excluding carboxylic acids is 5. The number of allylic oxidation sites excluding steroid dienone is 1. The third kappa shape index (κ3) is 6.74. The summed E-state index contributed by atoms with van der Waals surface area (Å²) < 4.78 is 22.8. The predicted molar refractivity (Wildman–Crippen MR) is 166 cm³/mol. The molecule has 0 heterocycles. The molecule has 0 aromatic carbocycles. The van der Waals surface area contributed by atoms with Gasteiger partial charge in [0.2, 0.25) is 0 Å². The van der Waals surface area contributed by atoms with Gasteiger partial charge in [-0.15, -0.1) is 0 Å². The van der Waals surface area contributed by atoms with Crippen LogP contribution < -0.4 is 0 Å². The number of rotatable bonds is 9. The average Bonchev–Trinajstić information content (AvgIpc) is 3.17. The maximum Gasteiger partial charge on any atom is 0.303 e. The molecule has 0 aliphatic heterocycles. The molecule has 0 bridgehead atoms. The van der Waals surface area contributed by atoms with Gasteiger partial charge in [0.1, 0.15) is 30.0 Å². The van der Waals surface area contributed by atoms with E-state index in [0.717, 1.165) is 0 Å². The van der Waals surface area contributed by atoms with Crippen molar-refractivity contribution < 1.29 is 58.2 Å². The quantitative estimate of drug-likeness (QED) is 0.242. The highest BCUT2D eigenvalue weighted by molar-refractivity contribution is 5.95. The smallest absolute Gasteiger partial charge is 0.303 e. The normalized spacial score (nSPS) is 38.4. The van der Waals surface area contributed by atoms with Crippen LogP contribution in [0, 0.1) is 28.6 Å². The molecule has 4 aliphatic rings. The van der Waals surface area contributed by atoms with E-state index in [9.17, 15) is 39.3 Å². The van der Waals surface area contributed by atoms with Crippen molar-refractivity contribution in [2.45, 2.75) is 148 Å². The van der Waals surface area contributed by atoms with E-state index in [4.69, 9.17) is 18.9 Å². The molecule has 0 saturated heterocycles. The zero-order valence-electron chi connectivity index (χ0n) is 29.1. The van der Waals surface area contributed by atoms with Gasteiger partial charge < -0.3 is 34.3 Å². The summed E-state index contributed by atoms with van der Waals surface area (Å²) in [7, 11) is 0. The zero-order chi connectivity index (χ0) is 35.5. The van der Waals surface area contributed by atoms with Crippen molar-refractivity contribution in [3.63, 3.8) is 0 Å². The van der Waals surface area contributed by atoms with Gasteiger partial charge in [0.25, 0.3) is 0 Å². The van der Waals surface area contributed by atoms with Crippen LogP contribution in [0.2, 0.25) is 0 Å². The Morgan fingerprint density at radius 1 is 0.894 bits per heavy atom. The summed E-state index contributed by atoms with van der Waals surface area (Å²) in [4.78, 5) is 63.0. The summed E-state index contributed by atoms with van der Waals surface area (Å²) in [5, 5.41) is 35.5. The second-order valence-corrected chi connectivity index (χ2v) is 15.7. The van der Waals surface area contributed by atoms with Crippen molar-refractivity contribution in [3.8, 4) is 0 Å². The molecule has 11 atom stereocenters. The van der Waals surface area contributed by atoms with Crippen molar-refractivity contribution in [2.24, 2.45) is 28.6 Å². The van der Waals surface area contributed by atoms with Crippen LogP contribution in [0.25, 0.3) is 0 Å². The lowest BCUT2D eigenvalue weighted by molar-refractivity contribution is -0.214. The van der Waals surface area contributed by atoms with E-state index in [1.165, 1.54) is 33.8 Å². The number of esters is 4. The Labute approximate surface area is 276 Å². The highest BCUT2D eigenvalue weighted by Gasteiger charge is 2.72. The molecule has 0 aromatic rings. The number of carbonyl (C=O) groups is 5. The van der Waals surface area contributed by atoms with Gasteiger partial charge in [-0.1, -0.05) is 13.8 Å². The van der Waals surface area contributed by atoms with E-state index in [1.54, 1.807) is 20.8 Å². The van der Waals surface area contributed by atoms with Crippen LogP contribution in [-0.4, -0.2) is 86.2 Å². The van der Waals surface area contributed by atoms with E-state index >= 15 is 0 Å². The second-order valence-electron chi connectivity index (χ2n) is 15.7. The Bertz CT molecular complexity index is 1330. The third-order valence-electron chi connectivity index (χ3n) is 11.6. The minimum absolute atomic E-state index is 0.0816. The first-order valence-corrected chi connectivity index (χ1v) is 16.6. The third-order valence-corrected chi connectivity index (χ3v) is 11.6. The van der Waals surface area contributed by atoms with Crippen molar-refractivity contribution in [2.75, 3.05) is 0 Å². The van der Waals surface area contributed by atoms with E-state index in [1.807, 2.05) is 13.8 Å². The molecule has 0 aromatic heterocycles. The molecule has 4 aliphatic carbocycles. The molecule has 47 heavy (non-hydrogen) atoms. The summed E-state index contributed by atoms with van der Waals surface area (Å²) in [6, 6.07) is 0. The zero-order valence-corrected chi connectivity index (χ0v) is 29.1. The Balaban J connectivity index is 1.82. The lowest BCUT2D eigenvalue weighted by atomic mass is 9.44. The first-order chi connectivity index (χ1) is 21.5. The Morgan fingerprint density at radius 3 is 1.98 bits per heavy atom. The van der Waals surface area contributed by atoms with Crippen LogP contribution in [0.1, 0.15) is 107 Å². The summed E-state index contributed by atoms with van der Waals surface area (Å²) in [6.07, 6.45) is -0.984. The van der Waals surface area contributed by atoms with Crippen LogP contribution in [0.5, 0.6) is 0 Å². The van der Waals surface area contributed by atoms with Crippen LogP contribution in [0.15, 0.2) is 11.6 Å². The molecule has 11 unspecified atom stereocenters. The van der Waals surface area contributed by atoms with Crippen molar-refractivity contribution in [3.05, 3.63) is 11.6 Å². The lowest BCUT2D eigenvalue weighted by Gasteiger charge is -2.62. The molecule has 0 radical (unpaired) electrons. The van der Waals surface area contributed by atoms with E-state index in [-0.39, 0.29) is 44.3 Å². The summed E-state index contributed by atoms with van der Waals surface area (Å²) in [5.41, 5.74) is -6.12. The van der Waals surface area contributed by atoms with Gasteiger partial charge in [0.15, 0.2) is 5.78 Å². The topological polar surface area (TPSA) is 183 Å². The molecular formula is C35H52O12. The number of hydrogen-bond acceptors (Lipinski definition) is 12. The predicted octanol–water partition coefficient (Wildman–Crippen LogP) is 3.11. The first-order valence-electron chi connectivity index (χ1n) is 16.6. The Kier molecular flexibility index (Phi) is 9.89. The molecule has 12 heteroatoms. The van der Waals surface area contributed by atoms with Crippen molar-refractivity contribution >= 4 is 29.7 Å². The minimum atomic E-state index is -1.68. The van der Waals surface area contributed by atoms with Gasteiger partial charge in [-0.3, -0.25) is 24.0 Å². The Hall–Kier alpha value is -2.83. The van der Waals surface area contributed by atoms with Crippen LogP contribution in [-0.2, 0) is 42.9 Å². The molecular weight excluding hydrogens is 612 g/mol. The fourth-order valence-electron chi connectivity index (χ4n) is 9.72. The lowest BCUT2D eigenvalue weighted by Crippen LogP contribution is -2.67. The number of fused-ring (bicyclic) bond motifs is 5. The summed E-state index contributed by atoms with van der Waals surface area (Å²) in [5.74, 6) is -4.62. The maximum absolute atomic E-state index is 14.0. The summed E-state index contributed by atoms with van der Waals surface area (Å²) in [6.45, 7) is 13.5. The van der Waals surface area contributed by atoms with Gasteiger partial charge in [-0.25, -0.2) is 0 Å². The molecule has 0 amide bonds. The van der Waals surface area contributed by atoms with E-state index in [2.05, 4.69) is 0 Å². The standard InChI is InChI=1S/C35H52O12/c1-18(36)44-25-15-22-24(40)14-23-30(32(22,7)16-26(25)45-19(2)37)27(46-20(3)38)17-33(8)28(10-13-35(23,33)43)34(9,42)29(47-21(4)39)11-12-31(5,6)41/h14,22,25-30,41-43H,10-13,15-17H2,1-9H3. The summed E-state index contributed by atoms with van der Waals surface area (Å²) >= 11 is 0. The van der Waals surface area contributed by atoms with E-state index < -0.39 is 93.7 Å². The average molecular weight is 665 g/mol. The molecule has 3 fully saturated rings. The van der Waals surface area contributed by atoms with Gasteiger partial charge in [0.05, 0.1) is 11.2 Å². The largest absolute Gasteiger partial charge is 0.462 e. The van der Waals surface area contributed by atoms with Crippen molar-refractivity contribution in [1.29, 1.82) is 0 Å². The van der Waals surface area contributed by atoms with Gasteiger partial charge >= 0.3 is 23.9 Å². The van der Waals surface area contributed by atoms with Gasteiger partial charge in [0, 0.05) is 44.9 Å². The second kappa shape index (κ2) is 12.6. The van der Waals surface area contributed by atoms with E-state index in [0.29, 0.717) is 12.0 Å². The van der Waals surface area contributed by atoms with Crippen molar-refractivity contribution in [1.82, 2.24) is 0 Å². The van der Waals surface area contributed by atoms with Crippen LogP contribution in [0.3, 0.4) is 0 Å². The monoisotopic (exact) mass is 664 g/mol. The fraction of sp³-hybridized carbons (Fsp3) is 0.800. The minimum Gasteiger partial charge on any atom is -0.462 e. The molecule has 264 valence electrons. The maximum atomic E-state index is 14.0. The Morgan fingerprint density at radius 2 is 1.45 bits per heavy atom. The molecule has 3 saturated carbocycles. The SMILES string of the molecule is CC(=O)OC1CC2C(=O)C=C3C(C(OC(C)=O)CC4(C)C(C(C)(O)C(CCC(C)(C)O)OC(C)=O)CCC34O)C2(C)CC1OC(C)=O. The van der Waals surface area contributed by atoms with Crippen LogP contribution in [0.4, 0.5) is 0 Å². The van der Waals surface area contributed by atoms with Gasteiger partial charge in [-0.2, -0.15) is 0 Å². The number of hydrogen-bond donors (Lipinski definition) is 3. The van der Waals surface area contributed by atoms with Crippen LogP contribution >= 0.6 is 0 Å². The molecule has 3 N–H and O–H groups in total. The number of aliphatic hydroxyl groups is 3. The molecule has 0 spiro atoms. The highest BCUT2D eigenvalue weighted by Crippen LogP contribution is 2.69. The fourth-order valence-corrected chi connectivity index (χ4v) is 9.72. The number of ketones is 1. The van der Waals surface area contributed by atoms with Gasteiger partial charge in [-0.05, 0) is 88.7 Å². The molecule has 12 nitrogen and oxygen atoms in total.